The molecule has 0 N–H and O–H groups in total. The Kier molecular flexibility index (Phi) is 6.52. The van der Waals surface area contributed by atoms with Gasteiger partial charge < -0.3 is 14.0 Å². The largest absolute Gasteiger partial charge is 0.454 e. The molecule has 7 nitrogen and oxygen atoms in total. The molecule has 7 heteroatoms. The fraction of sp³-hybridized carbons (Fsp3) is 0.348. The van der Waals surface area contributed by atoms with Gasteiger partial charge in [0.05, 0.1) is 23.9 Å². The molecule has 0 spiro atoms. The Hall–Kier alpha value is -3.19. The summed E-state index contributed by atoms with van der Waals surface area (Å²) < 4.78 is 14.3. The minimum Gasteiger partial charge on any atom is -0.454 e. The number of aromatic nitrogens is 3. The highest BCUT2D eigenvalue weighted by molar-refractivity contribution is 6.00. The van der Waals surface area contributed by atoms with E-state index in [2.05, 4.69) is 9.67 Å². The van der Waals surface area contributed by atoms with Crippen molar-refractivity contribution < 1.29 is 19.1 Å². The van der Waals surface area contributed by atoms with Gasteiger partial charge in [0, 0.05) is 36.0 Å². The summed E-state index contributed by atoms with van der Waals surface area (Å²) in [5, 5.41) is 4.24. The quantitative estimate of drug-likeness (QED) is 0.417. The third kappa shape index (κ3) is 4.36. The number of hydrogen-bond donors (Lipinski definition) is 0. The van der Waals surface area contributed by atoms with Crippen LogP contribution in [0.4, 0.5) is 0 Å². The Morgan fingerprint density at radius 1 is 1.07 bits per heavy atom. The van der Waals surface area contributed by atoms with E-state index in [9.17, 15) is 9.59 Å². The Balaban J connectivity index is 1.66. The second-order valence-corrected chi connectivity index (χ2v) is 7.39. The average Bonchev–Trinajstić information content (AvgIpc) is 3.28. The molecule has 2 heterocycles. The van der Waals surface area contributed by atoms with Gasteiger partial charge in [-0.25, -0.2) is 9.48 Å². The maximum absolute atomic E-state index is 12.7. The average molecular weight is 409 g/mol. The monoisotopic (exact) mass is 409 g/mol. The lowest BCUT2D eigenvalue weighted by atomic mass is 10.1. The van der Waals surface area contributed by atoms with Gasteiger partial charge in [-0.15, -0.1) is 0 Å². The minimum absolute atomic E-state index is 0.107. The molecule has 0 aliphatic carbocycles. The van der Waals surface area contributed by atoms with Gasteiger partial charge in [-0.3, -0.25) is 4.79 Å². The SMILES string of the molecule is COC[C@H](C)n1c(C)cc(C(=O)COC(=O)c2ccc(-n3nccc3C)cc2)c1C. The molecule has 3 rings (SSSR count). The smallest absolute Gasteiger partial charge is 0.338 e. The van der Waals surface area contributed by atoms with Gasteiger partial charge in [0.1, 0.15) is 0 Å². The molecule has 0 unspecified atom stereocenters. The molecule has 0 saturated carbocycles. The summed E-state index contributed by atoms with van der Waals surface area (Å²) in [7, 11) is 1.65. The summed E-state index contributed by atoms with van der Waals surface area (Å²) in [5.74, 6) is -0.759. The second-order valence-electron chi connectivity index (χ2n) is 7.39. The van der Waals surface area contributed by atoms with E-state index in [1.807, 2.05) is 39.8 Å². The summed E-state index contributed by atoms with van der Waals surface area (Å²) in [5.41, 5.74) is 4.60. The van der Waals surface area contributed by atoms with E-state index in [1.54, 1.807) is 42.3 Å². The molecule has 0 radical (unpaired) electrons. The number of benzene rings is 1. The molecule has 0 fully saturated rings. The van der Waals surface area contributed by atoms with Crippen LogP contribution >= 0.6 is 0 Å². The van der Waals surface area contributed by atoms with Crippen molar-refractivity contribution in [3.8, 4) is 5.69 Å². The van der Waals surface area contributed by atoms with Crippen molar-refractivity contribution in [3.63, 3.8) is 0 Å². The first kappa shape index (κ1) is 21.5. The van der Waals surface area contributed by atoms with E-state index in [4.69, 9.17) is 9.47 Å². The number of carbonyl (C=O) groups is 2. The molecular weight excluding hydrogens is 382 g/mol. The van der Waals surface area contributed by atoms with Gasteiger partial charge in [0.2, 0.25) is 5.78 Å². The first-order valence-corrected chi connectivity index (χ1v) is 9.82. The second kappa shape index (κ2) is 9.09. The molecule has 158 valence electrons. The van der Waals surface area contributed by atoms with E-state index in [-0.39, 0.29) is 18.4 Å². The van der Waals surface area contributed by atoms with Crippen LogP contribution in [0.1, 0.15) is 50.8 Å². The molecule has 1 atom stereocenters. The van der Waals surface area contributed by atoms with Crippen LogP contribution < -0.4 is 0 Å². The van der Waals surface area contributed by atoms with Crippen molar-refractivity contribution in [2.75, 3.05) is 20.3 Å². The van der Waals surface area contributed by atoms with Crippen molar-refractivity contribution in [3.05, 3.63) is 70.8 Å². The van der Waals surface area contributed by atoms with Crippen LogP contribution in [0.5, 0.6) is 0 Å². The molecule has 0 aliphatic heterocycles. The molecule has 0 aliphatic rings. The lowest BCUT2D eigenvalue weighted by Gasteiger charge is -2.17. The Bertz CT molecular complexity index is 1050. The molecule has 1 aromatic carbocycles. The highest BCUT2D eigenvalue weighted by atomic mass is 16.5. The lowest BCUT2D eigenvalue weighted by Crippen LogP contribution is -2.17. The summed E-state index contributed by atoms with van der Waals surface area (Å²) in [6.45, 7) is 8.07. The fourth-order valence-electron chi connectivity index (χ4n) is 3.72. The number of esters is 1. The Morgan fingerprint density at radius 3 is 2.37 bits per heavy atom. The highest BCUT2D eigenvalue weighted by Crippen LogP contribution is 2.21. The number of ether oxygens (including phenoxy) is 2. The summed E-state index contributed by atoms with van der Waals surface area (Å²) >= 11 is 0. The number of ketones is 1. The molecule has 0 bridgehead atoms. The van der Waals surface area contributed by atoms with Crippen molar-refractivity contribution in [1.29, 1.82) is 0 Å². The van der Waals surface area contributed by atoms with Crippen molar-refractivity contribution in [2.24, 2.45) is 0 Å². The van der Waals surface area contributed by atoms with E-state index in [1.165, 1.54) is 0 Å². The first-order chi connectivity index (χ1) is 14.3. The van der Waals surface area contributed by atoms with Gasteiger partial charge >= 0.3 is 5.97 Å². The number of carbonyl (C=O) groups excluding carboxylic acids is 2. The Labute approximate surface area is 176 Å². The number of Topliss-reactive ketones (excluding diaryl/α,β-unsaturated/α-hetero) is 1. The van der Waals surface area contributed by atoms with Crippen LogP contribution in [0.25, 0.3) is 5.69 Å². The van der Waals surface area contributed by atoms with Gasteiger partial charge in [-0.05, 0) is 64.1 Å². The number of methoxy groups -OCH3 is 1. The van der Waals surface area contributed by atoms with Crippen LogP contribution in [0, 0.1) is 20.8 Å². The highest BCUT2D eigenvalue weighted by Gasteiger charge is 2.20. The van der Waals surface area contributed by atoms with Crippen molar-refractivity contribution >= 4 is 11.8 Å². The van der Waals surface area contributed by atoms with Crippen molar-refractivity contribution in [1.82, 2.24) is 14.3 Å². The summed E-state index contributed by atoms with van der Waals surface area (Å²) in [6.07, 6.45) is 1.72. The van der Waals surface area contributed by atoms with Crippen LogP contribution in [0.2, 0.25) is 0 Å². The van der Waals surface area contributed by atoms with E-state index < -0.39 is 5.97 Å². The van der Waals surface area contributed by atoms with Gasteiger partial charge in [-0.2, -0.15) is 5.10 Å². The maximum atomic E-state index is 12.7. The zero-order valence-electron chi connectivity index (χ0n) is 18.0. The summed E-state index contributed by atoms with van der Waals surface area (Å²) in [4.78, 5) is 25.0. The molecular formula is C23H27N3O4. The number of nitrogens with zero attached hydrogens (tertiary/aromatic N) is 3. The lowest BCUT2D eigenvalue weighted by molar-refractivity contribution is 0.0474. The molecule has 3 aromatic rings. The molecule has 0 saturated heterocycles. The number of rotatable bonds is 8. The fourth-order valence-corrected chi connectivity index (χ4v) is 3.72. The van der Waals surface area contributed by atoms with E-state index in [0.29, 0.717) is 17.7 Å². The summed E-state index contributed by atoms with van der Waals surface area (Å²) in [6, 6.07) is 10.8. The number of hydrogen-bond acceptors (Lipinski definition) is 5. The van der Waals surface area contributed by atoms with Crippen molar-refractivity contribution in [2.45, 2.75) is 33.7 Å². The molecule has 0 amide bonds. The van der Waals surface area contributed by atoms with E-state index in [0.717, 1.165) is 22.8 Å². The third-order valence-corrected chi connectivity index (χ3v) is 5.15. The zero-order chi connectivity index (χ0) is 21.8. The minimum atomic E-state index is -0.534. The van der Waals surface area contributed by atoms with Crippen LogP contribution in [0.3, 0.4) is 0 Å². The topological polar surface area (TPSA) is 75.3 Å². The van der Waals surface area contributed by atoms with Gasteiger partial charge in [-0.1, -0.05) is 0 Å². The van der Waals surface area contributed by atoms with Gasteiger partial charge in [0.25, 0.3) is 0 Å². The van der Waals surface area contributed by atoms with Crippen LogP contribution in [0.15, 0.2) is 42.6 Å². The predicted molar refractivity (Wildman–Crippen MR) is 113 cm³/mol. The first-order valence-electron chi connectivity index (χ1n) is 9.82. The number of aryl methyl sites for hydroxylation is 2. The molecule has 30 heavy (non-hydrogen) atoms. The normalized spacial score (nSPS) is 12.0. The standard InChI is InChI=1S/C23H27N3O4/c1-15-10-11-24-26(15)20-8-6-19(7-9-20)23(28)30-14-22(27)21-12-16(2)25(18(21)4)17(3)13-29-5/h6-12,17H,13-14H2,1-5H3/t17-/m0/s1. The third-order valence-electron chi connectivity index (χ3n) is 5.15. The van der Waals surface area contributed by atoms with Crippen LogP contribution in [-0.2, 0) is 9.47 Å². The van der Waals surface area contributed by atoms with Crippen LogP contribution in [-0.4, -0.2) is 46.4 Å². The maximum Gasteiger partial charge on any atom is 0.338 e. The Morgan fingerprint density at radius 2 is 1.77 bits per heavy atom. The predicted octanol–water partition coefficient (Wildman–Crippen LogP) is 3.85. The zero-order valence-corrected chi connectivity index (χ0v) is 18.0. The molecule has 2 aromatic heterocycles. The van der Waals surface area contributed by atoms with Gasteiger partial charge in [0.15, 0.2) is 6.61 Å². The van der Waals surface area contributed by atoms with E-state index >= 15 is 0 Å².